The molecule has 0 spiro atoms. The maximum Gasteiger partial charge on any atom is 0.303 e. The predicted octanol–water partition coefficient (Wildman–Crippen LogP) is 2.04. The summed E-state index contributed by atoms with van der Waals surface area (Å²) in [4.78, 5) is 11.0. The fourth-order valence-electron chi connectivity index (χ4n) is 4.81. The molecule has 3 N–H and O–H groups in total. The summed E-state index contributed by atoms with van der Waals surface area (Å²) in [5.41, 5.74) is 6.25. The van der Waals surface area contributed by atoms with Crippen molar-refractivity contribution in [2.24, 2.45) is 28.9 Å². The maximum absolute atomic E-state index is 11.0. The molecule has 3 nitrogen and oxygen atoms in total. The van der Waals surface area contributed by atoms with Crippen LogP contribution >= 0.6 is 12.4 Å². The molecular weight excluding hydrogens is 226 g/mol. The topological polar surface area (TPSA) is 63.3 Å². The van der Waals surface area contributed by atoms with Crippen molar-refractivity contribution < 1.29 is 9.90 Å². The highest BCUT2D eigenvalue weighted by atomic mass is 35.5. The lowest BCUT2D eigenvalue weighted by molar-refractivity contribution is -0.147. The first-order chi connectivity index (χ1) is 7.09. The minimum Gasteiger partial charge on any atom is -0.481 e. The molecule has 2 unspecified atom stereocenters. The molecule has 4 saturated carbocycles. The molecule has 0 amide bonds. The largest absolute Gasteiger partial charge is 0.481 e. The number of carbonyl (C=O) groups is 1. The van der Waals surface area contributed by atoms with Crippen LogP contribution in [0.25, 0.3) is 0 Å². The van der Waals surface area contributed by atoms with Crippen LogP contribution in [0.3, 0.4) is 0 Å². The SMILES string of the molecule is Cl.N[C@H]1C2CC3CC(C2)CC1(CC(=O)O)C3. The van der Waals surface area contributed by atoms with E-state index in [9.17, 15) is 4.79 Å². The van der Waals surface area contributed by atoms with E-state index in [1.54, 1.807) is 0 Å². The summed E-state index contributed by atoms with van der Waals surface area (Å²) >= 11 is 0. The van der Waals surface area contributed by atoms with Crippen LogP contribution in [-0.2, 0) is 4.79 Å². The molecule has 0 radical (unpaired) electrons. The second kappa shape index (κ2) is 3.88. The van der Waals surface area contributed by atoms with Crippen molar-refractivity contribution in [3.05, 3.63) is 0 Å². The summed E-state index contributed by atoms with van der Waals surface area (Å²) in [5.74, 6) is 1.52. The quantitative estimate of drug-likeness (QED) is 0.783. The van der Waals surface area contributed by atoms with Crippen LogP contribution in [0.1, 0.15) is 38.5 Å². The third kappa shape index (κ3) is 1.65. The van der Waals surface area contributed by atoms with E-state index < -0.39 is 5.97 Å². The number of carboxylic acid groups (broad SMARTS) is 1. The van der Waals surface area contributed by atoms with E-state index in [0.717, 1.165) is 24.7 Å². The van der Waals surface area contributed by atoms with Gasteiger partial charge in [0.15, 0.2) is 0 Å². The minimum absolute atomic E-state index is 0. The summed E-state index contributed by atoms with van der Waals surface area (Å²) in [7, 11) is 0. The Morgan fingerprint density at radius 2 is 1.81 bits per heavy atom. The van der Waals surface area contributed by atoms with Crippen LogP contribution in [-0.4, -0.2) is 17.1 Å². The van der Waals surface area contributed by atoms with Gasteiger partial charge in [0.25, 0.3) is 0 Å². The highest BCUT2D eigenvalue weighted by Crippen LogP contribution is 2.60. The van der Waals surface area contributed by atoms with E-state index in [1.807, 2.05) is 0 Å². The van der Waals surface area contributed by atoms with Crippen molar-refractivity contribution in [2.75, 3.05) is 0 Å². The van der Waals surface area contributed by atoms with Gasteiger partial charge in [-0.15, -0.1) is 12.4 Å². The van der Waals surface area contributed by atoms with Crippen LogP contribution in [0.4, 0.5) is 0 Å². The fraction of sp³-hybridized carbons (Fsp3) is 0.917. The lowest BCUT2D eigenvalue weighted by Crippen LogP contribution is -2.60. The number of hydrogen-bond donors (Lipinski definition) is 2. The van der Waals surface area contributed by atoms with Crippen molar-refractivity contribution >= 4 is 18.4 Å². The molecule has 0 aromatic heterocycles. The van der Waals surface area contributed by atoms with Gasteiger partial charge in [0, 0.05) is 6.04 Å². The second-order valence-electron chi connectivity index (χ2n) is 6.07. The van der Waals surface area contributed by atoms with Gasteiger partial charge in [-0.1, -0.05) is 0 Å². The predicted molar refractivity (Wildman–Crippen MR) is 63.5 cm³/mol. The number of hydrogen-bond acceptors (Lipinski definition) is 2. The average Bonchev–Trinajstić information content (AvgIpc) is 2.11. The number of rotatable bonds is 2. The first-order valence-electron chi connectivity index (χ1n) is 6.06. The molecule has 4 rings (SSSR count). The van der Waals surface area contributed by atoms with Crippen molar-refractivity contribution in [2.45, 2.75) is 44.6 Å². The molecule has 4 aliphatic rings. The van der Waals surface area contributed by atoms with Gasteiger partial charge >= 0.3 is 5.97 Å². The first-order valence-corrected chi connectivity index (χ1v) is 6.06. The highest BCUT2D eigenvalue weighted by molar-refractivity contribution is 5.85. The van der Waals surface area contributed by atoms with Crippen LogP contribution in [0.5, 0.6) is 0 Å². The van der Waals surface area contributed by atoms with E-state index in [1.165, 1.54) is 19.3 Å². The van der Waals surface area contributed by atoms with Crippen molar-refractivity contribution in [1.29, 1.82) is 0 Å². The van der Waals surface area contributed by atoms with Crippen molar-refractivity contribution in [3.63, 3.8) is 0 Å². The molecule has 0 saturated heterocycles. The van der Waals surface area contributed by atoms with Gasteiger partial charge in [0.2, 0.25) is 0 Å². The van der Waals surface area contributed by atoms with Gasteiger partial charge in [-0.3, -0.25) is 4.79 Å². The zero-order valence-electron chi connectivity index (χ0n) is 9.39. The molecule has 4 bridgehead atoms. The Morgan fingerprint density at radius 1 is 1.25 bits per heavy atom. The molecule has 4 heteroatoms. The number of carboxylic acids is 1. The smallest absolute Gasteiger partial charge is 0.303 e. The van der Waals surface area contributed by atoms with Gasteiger partial charge in [0.05, 0.1) is 6.42 Å². The molecule has 0 aromatic carbocycles. The Hall–Kier alpha value is -0.280. The monoisotopic (exact) mass is 245 g/mol. The second-order valence-corrected chi connectivity index (χ2v) is 6.07. The molecule has 4 aliphatic carbocycles. The lowest BCUT2D eigenvalue weighted by Gasteiger charge is -2.60. The zero-order valence-corrected chi connectivity index (χ0v) is 10.2. The third-order valence-electron chi connectivity index (χ3n) is 5.05. The standard InChI is InChI=1S/C12H19NO2.ClH/c13-11-9-2-7-1-8(3-9)5-12(11,4-7)6-10(14)15;/h7-9,11H,1-6,13H2,(H,14,15);1H/t7?,8?,9?,11-,12?;/m0./s1. The van der Waals surface area contributed by atoms with E-state index in [0.29, 0.717) is 12.3 Å². The normalized spacial score (nSPS) is 48.8. The molecular formula is C12H20ClNO2. The zero-order chi connectivity index (χ0) is 10.6. The fourth-order valence-corrected chi connectivity index (χ4v) is 4.81. The van der Waals surface area contributed by atoms with E-state index in [-0.39, 0.29) is 23.9 Å². The highest BCUT2D eigenvalue weighted by Gasteiger charge is 2.56. The number of aliphatic carboxylic acids is 1. The summed E-state index contributed by atoms with van der Waals surface area (Å²) in [6.45, 7) is 0. The van der Waals surface area contributed by atoms with Crippen LogP contribution < -0.4 is 5.73 Å². The first kappa shape index (κ1) is 12.2. The lowest BCUT2D eigenvalue weighted by atomic mass is 9.47. The Kier molecular flexibility index (Phi) is 2.96. The summed E-state index contributed by atoms with van der Waals surface area (Å²) in [5, 5.41) is 9.04. The van der Waals surface area contributed by atoms with Gasteiger partial charge < -0.3 is 10.8 Å². The van der Waals surface area contributed by atoms with Gasteiger partial charge in [-0.05, 0) is 55.3 Å². The summed E-state index contributed by atoms with van der Waals surface area (Å²) in [6.07, 6.45) is 6.32. The molecule has 0 heterocycles. The summed E-state index contributed by atoms with van der Waals surface area (Å²) in [6, 6.07) is 0.154. The molecule has 4 fully saturated rings. The molecule has 16 heavy (non-hydrogen) atoms. The van der Waals surface area contributed by atoms with Gasteiger partial charge in [0.1, 0.15) is 0 Å². The number of nitrogens with two attached hydrogens (primary N) is 1. The Labute approximate surface area is 102 Å². The van der Waals surface area contributed by atoms with E-state index in [4.69, 9.17) is 10.8 Å². The molecule has 0 aliphatic heterocycles. The van der Waals surface area contributed by atoms with Crippen LogP contribution in [0, 0.1) is 23.2 Å². The van der Waals surface area contributed by atoms with Gasteiger partial charge in [-0.25, -0.2) is 0 Å². The van der Waals surface area contributed by atoms with Crippen LogP contribution in [0.2, 0.25) is 0 Å². The Bertz CT molecular complexity index is 293. The molecule has 0 aromatic rings. The Balaban J connectivity index is 0.000000963. The van der Waals surface area contributed by atoms with Crippen molar-refractivity contribution in [1.82, 2.24) is 0 Å². The minimum atomic E-state index is -0.660. The van der Waals surface area contributed by atoms with Gasteiger partial charge in [-0.2, -0.15) is 0 Å². The maximum atomic E-state index is 11.0. The van der Waals surface area contributed by atoms with E-state index >= 15 is 0 Å². The van der Waals surface area contributed by atoms with E-state index in [2.05, 4.69) is 0 Å². The van der Waals surface area contributed by atoms with Crippen LogP contribution in [0.15, 0.2) is 0 Å². The van der Waals surface area contributed by atoms with Crippen molar-refractivity contribution in [3.8, 4) is 0 Å². The Morgan fingerprint density at radius 3 is 2.31 bits per heavy atom. The summed E-state index contributed by atoms with van der Waals surface area (Å²) < 4.78 is 0. The molecule has 92 valence electrons. The third-order valence-corrected chi connectivity index (χ3v) is 5.05. The average molecular weight is 246 g/mol. The number of halogens is 1. The molecule has 3 atom stereocenters.